The molecule has 7 heteroatoms. The molecule has 0 atom stereocenters. The van der Waals surface area contributed by atoms with Crippen LogP contribution in [0.2, 0.25) is 0 Å². The number of thiazole rings is 1. The number of guanidine groups is 1. The third-order valence-electron chi connectivity index (χ3n) is 5.06. The van der Waals surface area contributed by atoms with Crippen LogP contribution in [0.3, 0.4) is 0 Å². The van der Waals surface area contributed by atoms with Gasteiger partial charge in [0.05, 0.1) is 10.7 Å². The molecule has 1 aliphatic heterocycles. The summed E-state index contributed by atoms with van der Waals surface area (Å²) in [5.74, 6) is 0.995. The van der Waals surface area contributed by atoms with Gasteiger partial charge in [0.25, 0.3) is 0 Å². The molecule has 1 aromatic heterocycles. The van der Waals surface area contributed by atoms with Gasteiger partial charge in [-0.1, -0.05) is 18.2 Å². The van der Waals surface area contributed by atoms with E-state index < -0.39 is 0 Å². The van der Waals surface area contributed by atoms with E-state index in [-0.39, 0.29) is 5.91 Å². The first-order valence-corrected chi connectivity index (χ1v) is 11.2. The summed E-state index contributed by atoms with van der Waals surface area (Å²) in [7, 11) is 0. The summed E-state index contributed by atoms with van der Waals surface area (Å²) in [4.78, 5) is 25.0. The van der Waals surface area contributed by atoms with Crippen LogP contribution in [0.4, 0.5) is 5.69 Å². The average Bonchev–Trinajstić information content (AvgIpc) is 3.28. The molecule has 0 saturated heterocycles. The SMILES string of the molecule is CCNC(=NCCCC(=O)N1CCc2ccccc21)NCCc1nc(C)c(C)s1. The van der Waals surface area contributed by atoms with Gasteiger partial charge in [-0.2, -0.15) is 0 Å². The van der Waals surface area contributed by atoms with E-state index in [0.29, 0.717) is 13.0 Å². The van der Waals surface area contributed by atoms with Gasteiger partial charge < -0.3 is 15.5 Å². The number of aliphatic imine (C=N–C) groups is 1. The maximum atomic E-state index is 12.6. The van der Waals surface area contributed by atoms with Crippen LogP contribution >= 0.6 is 11.3 Å². The Kier molecular flexibility index (Phi) is 7.63. The molecule has 0 fully saturated rings. The maximum absolute atomic E-state index is 12.6. The lowest BCUT2D eigenvalue weighted by Crippen LogP contribution is -2.38. The van der Waals surface area contributed by atoms with Crippen LogP contribution in [0.1, 0.15) is 40.9 Å². The van der Waals surface area contributed by atoms with Gasteiger partial charge in [-0.05, 0) is 45.2 Å². The van der Waals surface area contributed by atoms with Crippen molar-refractivity contribution >= 4 is 28.9 Å². The number of carbonyl (C=O) groups is 1. The largest absolute Gasteiger partial charge is 0.357 e. The molecule has 0 aliphatic carbocycles. The van der Waals surface area contributed by atoms with Crippen molar-refractivity contribution in [2.75, 3.05) is 31.1 Å². The average molecular weight is 414 g/mol. The zero-order chi connectivity index (χ0) is 20.6. The van der Waals surface area contributed by atoms with Crippen molar-refractivity contribution in [3.8, 4) is 0 Å². The number of para-hydroxylation sites is 1. The van der Waals surface area contributed by atoms with Crippen LogP contribution in [0.15, 0.2) is 29.3 Å². The van der Waals surface area contributed by atoms with Crippen LogP contribution < -0.4 is 15.5 Å². The fourth-order valence-electron chi connectivity index (χ4n) is 3.43. The van der Waals surface area contributed by atoms with Gasteiger partial charge in [0.2, 0.25) is 5.91 Å². The minimum atomic E-state index is 0.192. The van der Waals surface area contributed by atoms with Crippen LogP contribution in [0.25, 0.3) is 0 Å². The molecule has 156 valence electrons. The molecule has 2 aromatic rings. The summed E-state index contributed by atoms with van der Waals surface area (Å²) in [6.45, 7) is 9.24. The van der Waals surface area contributed by atoms with Crippen molar-refractivity contribution in [3.05, 3.63) is 45.4 Å². The number of benzene rings is 1. The summed E-state index contributed by atoms with van der Waals surface area (Å²) >= 11 is 1.76. The standard InChI is InChI=1S/C22H31N5OS/c1-4-23-22(25-14-11-20-26-16(2)17(3)29-20)24-13-7-10-21(28)27-15-12-18-8-5-6-9-19(18)27/h5-6,8-9H,4,7,10-15H2,1-3H3,(H2,23,24,25). The Hall–Kier alpha value is -2.41. The van der Waals surface area contributed by atoms with E-state index in [1.807, 2.05) is 23.1 Å². The Bertz CT molecular complexity index is 841. The molecule has 0 spiro atoms. The molecule has 6 nitrogen and oxygen atoms in total. The zero-order valence-corrected chi connectivity index (χ0v) is 18.4. The highest BCUT2D eigenvalue weighted by Gasteiger charge is 2.23. The lowest BCUT2D eigenvalue weighted by molar-refractivity contribution is -0.118. The summed E-state index contributed by atoms with van der Waals surface area (Å²) < 4.78 is 0. The molecule has 3 rings (SSSR count). The van der Waals surface area contributed by atoms with E-state index in [1.54, 1.807) is 11.3 Å². The Morgan fingerprint density at radius 1 is 1.28 bits per heavy atom. The molecule has 1 aliphatic rings. The fourth-order valence-corrected chi connectivity index (χ4v) is 4.36. The smallest absolute Gasteiger partial charge is 0.227 e. The van der Waals surface area contributed by atoms with E-state index in [2.05, 4.69) is 47.4 Å². The number of amides is 1. The van der Waals surface area contributed by atoms with Gasteiger partial charge in [0.1, 0.15) is 0 Å². The number of rotatable bonds is 8. The highest BCUT2D eigenvalue weighted by molar-refractivity contribution is 7.11. The Labute approximate surface area is 177 Å². The van der Waals surface area contributed by atoms with Gasteiger partial charge in [-0.15, -0.1) is 11.3 Å². The first-order chi connectivity index (χ1) is 14.1. The third kappa shape index (κ3) is 5.79. The predicted molar refractivity (Wildman–Crippen MR) is 121 cm³/mol. The second kappa shape index (κ2) is 10.4. The van der Waals surface area contributed by atoms with E-state index in [1.165, 1.54) is 10.4 Å². The van der Waals surface area contributed by atoms with Gasteiger partial charge in [-0.25, -0.2) is 4.98 Å². The molecular formula is C22H31N5OS. The molecule has 29 heavy (non-hydrogen) atoms. The number of nitrogens with zero attached hydrogens (tertiary/aromatic N) is 3. The van der Waals surface area contributed by atoms with Crippen LogP contribution in [0.5, 0.6) is 0 Å². The van der Waals surface area contributed by atoms with Crippen molar-refractivity contribution in [1.82, 2.24) is 15.6 Å². The maximum Gasteiger partial charge on any atom is 0.227 e. The van der Waals surface area contributed by atoms with Crippen LogP contribution in [-0.4, -0.2) is 43.0 Å². The van der Waals surface area contributed by atoms with Crippen LogP contribution in [0, 0.1) is 13.8 Å². The van der Waals surface area contributed by atoms with E-state index >= 15 is 0 Å². The Morgan fingerprint density at radius 2 is 2.10 bits per heavy atom. The monoisotopic (exact) mass is 413 g/mol. The number of carbonyl (C=O) groups excluding carboxylic acids is 1. The minimum Gasteiger partial charge on any atom is -0.357 e. The summed E-state index contributed by atoms with van der Waals surface area (Å²) in [5.41, 5.74) is 3.46. The third-order valence-corrected chi connectivity index (χ3v) is 6.19. The zero-order valence-electron chi connectivity index (χ0n) is 17.6. The van der Waals surface area contributed by atoms with Crippen molar-refractivity contribution in [1.29, 1.82) is 0 Å². The van der Waals surface area contributed by atoms with Crippen molar-refractivity contribution < 1.29 is 4.79 Å². The second-order valence-corrected chi connectivity index (χ2v) is 8.50. The molecule has 0 bridgehead atoms. The molecule has 1 aromatic carbocycles. The molecule has 1 amide bonds. The Morgan fingerprint density at radius 3 is 2.86 bits per heavy atom. The highest BCUT2D eigenvalue weighted by Crippen LogP contribution is 2.28. The number of aromatic nitrogens is 1. The molecule has 0 unspecified atom stereocenters. The number of hydrogen-bond acceptors (Lipinski definition) is 4. The first-order valence-electron chi connectivity index (χ1n) is 10.4. The Balaban J connectivity index is 1.42. The second-order valence-electron chi connectivity index (χ2n) is 7.21. The number of anilines is 1. The first kappa shape index (κ1) is 21.3. The molecule has 2 heterocycles. The lowest BCUT2D eigenvalue weighted by atomic mass is 10.2. The van der Waals surface area contributed by atoms with Crippen molar-refractivity contribution in [2.45, 2.75) is 46.5 Å². The molecule has 0 radical (unpaired) electrons. The van der Waals surface area contributed by atoms with Gasteiger partial charge in [0, 0.05) is 49.6 Å². The fraction of sp³-hybridized carbons (Fsp3) is 0.500. The summed E-state index contributed by atoms with van der Waals surface area (Å²) in [6, 6.07) is 8.18. The molecular weight excluding hydrogens is 382 g/mol. The van der Waals surface area contributed by atoms with Gasteiger partial charge >= 0.3 is 0 Å². The normalized spacial score (nSPS) is 13.5. The highest BCUT2D eigenvalue weighted by atomic mass is 32.1. The number of hydrogen-bond donors (Lipinski definition) is 2. The topological polar surface area (TPSA) is 69.6 Å². The summed E-state index contributed by atoms with van der Waals surface area (Å²) in [6.07, 6.45) is 3.11. The van der Waals surface area contributed by atoms with E-state index in [0.717, 1.165) is 61.2 Å². The predicted octanol–water partition coefficient (Wildman–Crippen LogP) is 3.23. The number of aryl methyl sites for hydroxylation is 2. The summed E-state index contributed by atoms with van der Waals surface area (Å²) in [5, 5.41) is 7.79. The number of fused-ring (bicyclic) bond motifs is 1. The van der Waals surface area contributed by atoms with Gasteiger partial charge in [-0.3, -0.25) is 9.79 Å². The van der Waals surface area contributed by atoms with Crippen molar-refractivity contribution in [2.24, 2.45) is 4.99 Å². The number of nitrogens with one attached hydrogen (secondary N) is 2. The van der Waals surface area contributed by atoms with Crippen LogP contribution in [-0.2, 0) is 17.6 Å². The van der Waals surface area contributed by atoms with E-state index in [9.17, 15) is 4.79 Å². The molecule has 2 N–H and O–H groups in total. The van der Waals surface area contributed by atoms with Gasteiger partial charge in [0.15, 0.2) is 5.96 Å². The van der Waals surface area contributed by atoms with E-state index in [4.69, 9.17) is 0 Å². The molecule has 0 saturated carbocycles. The van der Waals surface area contributed by atoms with Crippen molar-refractivity contribution in [3.63, 3.8) is 0 Å². The lowest BCUT2D eigenvalue weighted by Gasteiger charge is -2.17. The quantitative estimate of drug-likeness (QED) is 0.396. The minimum absolute atomic E-state index is 0.192.